The van der Waals surface area contributed by atoms with Crippen LogP contribution in [-0.2, 0) is 10.8 Å². The summed E-state index contributed by atoms with van der Waals surface area (Å²) in [6.45, 7) is 4.78. The number of hydrogen-bond acceptors (Lipinski definition) is 4. The first-order chi connectivity index (χ1) is 35.4. The van der Waals surface area contributed by atoms with Gasteiger partial charge >= 0.3 is 0 Å². The van der Waals surface area contributed by atoms with Gasteiger partial charge in [-0.15, -0.1) is 0 Å². The first kappa shape index (κ1) is 40.7. The van der Waals surface area contributed by atoms with Crippen molar-refractivity contribution in [1.29, 1.82) is 0 Å². The highest BCUT2D eigenvalue weighted by atomic mass is 16.5. The molecule has 15 rings (SSSR count). The van der Waals surface area contributed by atoms with Gasteiger partial charge in [0.05, 0.1) is 16.4 Å². The molecule has 5 nitrogen and oxygen atoms in total. The van der Waals surface area contributed by atoms with Gasteiger partial charge < -0.3 is 9.30 Å². The first-order valence-corrected chi connectivity index (χ1v) is 24.8. The molecule has 0 fully saturated rings. The lowest BCUT2D eigenvalue weighted by molar-refractivity contribution is 0.436. The number of aromatic nitrogens is 4. The molecular formula is C67H44N4O. The van der Waals surface area contributed by atoms with Crippen molar-refractivity contribution in [1.82, 2.24) is 19.5 Å². The summed E-state index contributed by atoms with van der Waals surface area (Å²) < 4.78 is 9.25. The Morgan fingerprint density at radius 2 is 0.889 bits per heavy atom. The summed E-state index contributed by atoms with van der Waals surface area (Å²) in [5, 5.41) is 2.54. The molecule has 3 heterocycles. The molecule has 0 saturated heterocycles. The van der Waals surface area contributed by atoms with E-state index in [1.165, 1.54) is 72.0 Å². The van der Waals surface area contributed by atoms with Gasteiger partial charge in [0.1, 0.15) is 11.5 Å². The van der Waals surface area contributed by atoms with Gasteiger partial charge in [-0.3, -0.25) is 0 Å². The largest absolute Gasteiger partial charge is 0.457 e. The van der Waals surface area contributed by atoms with E-state index in [2.05, 4.69) is 213 Å². The second-order valence-electron chi connectivity index (χ2n) is 19.9. The zero-order valence-corrected chi connectivity index (χ0v) is 39.6. The maximum Gasteiger partial charge on any atom is 0.164 e. The third-order valence-corrected chi connectivity index (χ3v) is 15.7. The van der Waals surface area contributed by atoms with Crippen LogP contribution in [0, 0.1) is 0 Å². The highest BCUT2D eigenvalue weighted by Gasteiger charge is 2.51. The molecule has 0 unspecified atom stereocenters. The molecule has 0 saturated carbocycles. The summed E-state index contributed by atoms with van der Waals surface area (Å²) in [5.41, 5.74) is 20.2. The van der Waals surface area contributed by atoms with Crippen molar-refractivity contribution in [3.05, 3.63) is 264 Å². The zero-order valence-electron chi connectivity index (χ0n) is 39.6. The van der Waals surface area contributed by atoms with Crippen molar-refractivity contribution in [2.45, 2.75) is 24.7 Å². The number of benzene rings is 10. The lowest BCUT2D eigenvalue weighted by Crippen LogP contribution is -2.32. The highest BCUT2D eigenvalue weighted by Crippen LogP contribution is 2.63. The van der Waals surface area contributed by atoms with Crippen molar-refractivity contribution in [2.75, 3.05) is 0 Å². The number of rotatable bonds is 5. The minimum Gasteiger partial charge on any atom is -0.457 e. The lowest BCUT2D eigenvalue weighted by Gasteiger charge is -2.39. The molecule has 1 spiro atoms. The zero-order chi connectivity index (χ0) is 47.7. The van der Waals surface area contributed by atoms with Gasteiger partial charge in [-0.05, 0) is 98.6 Å². The first-order valence-electron chi connectivity index (χ1n) is 24.8. The number of fused-ring (bicyclic) bond motifs is 16. The summed E-state index contributed by atoms with van der Waals surface area (Å²) in [4.78, 5) is 15.3. The molecule has 0 amide bonds. The fourth-order valence-electron chi connectivity index (χ4n) is 12.5. The fraction of sp³-hybridized carbons (Fsp3) is 0.0597. The summed E-state index contributed by atoms with van der Waals surface area (Å²) >= 11 is 0. The van der Waals surface area contributed by atoms with E-state index in [9.17, 15) is 0 Å². The van der Waals surface area contributed by atoms with E-state index in [0.29, 0.717) is 17.5 Å². The van der Waals surface area contributed by atoms with Crippen molar-refractivity contribution in [3.8, 4) is 84.7 Å². The molecule has 72 heavy (non-hydrogen) atoms. The second-order valence-corrected chi connectivity index (χ2v) is 19.9. The van der Waals surface area contributed by atoms with E-state index in [-0.39, 0.29) is 5.41 Å². The normalized spacial score (nSPS) is 14.0. The van der Waals surface area contributed by atoms with Gasteiger partial charge in [-0.2, -0.15) is 0 Å². The van der Waals surface area contributed by atoms with Crippen molar-refractivity contribution in [3.63, 3.8) is 0 Å². The minimum atomic E-state index is -0.670. The van der Waals surface area contributed by atoms with Crippen LogP contribution in [0.5, 0.6) is 11.5 Å². The topological polar surface area (TPSA) is 52.8 Å². The molecule has 0 N–H and O–H groups in total. The lowest BCUT2D eigenvalue weighted by atomic mass is 9.66. The minimum absolute atomic E-state index is 0.244. The van der Waals surface area contributed by atoms with Crippen LogP contribution in [0.2, 0.25) is 0 Å². The van der Waals surface area contributed by atoms with E-state index in [1.54, 1.807) is 0 Å². The monoisotopic (exact) mass is 920 g/mol. The molecule has 2 aromatic heterocycles. The van der Waals surface area contributed by atoms with Crippen LogP contribution in [0.4, 0.5) is 0 Å². The molecule has 1 aliphatic heterocycles. The maximum absolute atomic E-state index is 6.77. The van der Waals surface area contributed by atoms with Gasteiger partial charge in [0, 0.05) is 55.3 Å². The molecule has 3 aliphatic rings. The Morgan fingerprint density at radius 3 is 1.56 bits per heavy atom. The van der Waals surface area contributed by atoms with Crippen LogP contribution in [0.25, 0.3) is 95.0 Å². The molecule has 0 bridgehead atoms. The summed E-state index contributed by atoms with van der Waals surface area (Å²) in [7, 11) is 0. The molecule has 10 aromatic carbocycles. The average molecular weight is 921 g/mol. The quantitative estimate of drug-likeness (QED) is 0.173. The van der Waals surface area contributed by atoms with Crippen molar-refractivity contribution >= 4 is 21.8 Å². The van der Waals surface area contributed by atoms with E-state index in [1.807, 2.05) is 36.4 Å². The Hall–Kier alpha value is -9.19. The second kappa shape index (κ2) is 15.2. The SMILES string of the molecule is CC1(C)c2cc(-c3ccc4c(c3)C3(c5ccccc5Oc5ccccc53)c3ccc(-c5nc(-c6ccccc6)nc(-c6ccccc6)n5)cc3-4)ccc2-c2c1ccc1c3ccccc3n(-c3ccccc3)c21. The third-order valence-electron chi connectivity index (χ3n) is 15.7. The van der Waals surface area contributed by atoms with Crippen LogP contribution in [0.15, 0.2) is 231 Å². The Labute approximate surface area is 417 Å². The molecule has 5 heteroatoms. The summed E-state index contributed by atoms with van der Waals surface area (Å²) in [5.74, 6) is 3.62. The van der Waals surface area contributed by atoms with Crippen molar-refractivity contribution < 1.29 is 4.74 Å². The van der Waals surface area contributed by atoms with Crippen molar-refractivity contribution in [2.24, 2.45) is 0 Å². The van der Waals surface area contributed by atoms with Crippen LogP contribution >= 0.6 is 0 Å². The standard InChI is InChI=1S/C67H44N4O/c1-66(2)55-37-35-49-48-24-12-15-27-58(48)71(46-22-10-5-11-23-46)62(49)61(55)50-34-31-43(39-56(50)66)44-30-33-47-51-38-45(65-69-63(41-18-6-3-7-19-41)68-64(70-65)42-20-8-4-9-21-42)32-36-52(51)67(57(47)40-44)53-25-13-16-28-59(53)72-60-29-17-14-26-54(60)67/h3-40H,1-2H3. The van der Waals surface area contributed by atoms with Gasteiger partial charge in [0.2, 0.25) is 0 Å². The van der Waals surface area contributed by atoms with Crippen LogP contribution in [0.1, 0.15) is 47.2 Å². The highest BCUT2D eigenvalue weighted by molar-refractivity contribution is 6.15. The van der Waals surface area contributed by atoms with Crippen LogP contribution in [0.3, 0.4) is 0 Å². The summed E-state index contributed by atoms with van der Waals surface area (Å²) in [6.07, 6.45) is 0. The smallest absolute Gasteiger partial charge is 0.164 e. The fourth-order valence-corrected chi connectivity index (χ4v) is 12.5. The van der Waals surface area contributed by atoms with Gasteiger partial charge in [0.15, 0.2) is 17.5 Å². The van der Waals surface area contributed by atoms with Gasteiger partial charge in [-0.1, -0.05) is 196 Å². The maximum atomic E-state index is 6.77. The van der Waals surface area contributed by atoms with Gasteiger partial charge in [0.25, 0.3) is 0 Å². The molecule has 2 aliphatic carbocycles. The van der Waals surface area contributed by atoms with Gasteiger partial charge in [-0.25, -0.2) is 15.0 Å². The van der Waals surface area contributed by atoms with E-state index in [0.717, 1.165) is 50.4 Å². The Morgan fingerprint density at radius 1 is 0.361 bits per heavy atom. The van der Waals surface area contributed by atoms with E-state index in [4.69, 9.17) is 19.7 Å². The molecule has 12 aromatic rings. The average Bonchev–Trinajstić information content (AvgIpc) is 4.02. The third kappa shape index (κ3) is 5.67. The Bertz CT molecular complexity index is 4110. The Kier molecular flexibility index (Phi) is 8.56. The predicted molar refractivity (Wildman–Crippen MR) is 291 cm³/mol. The molecular weight excluding hydrogens is 877 g/mol. The number of nitrogens with zero attached hydrogens (tertiary/aromatic N) is 4. The molecule has 0 radical (unpaired) electrons. The molecule has 338 valence electrons. The summed E-state index contributed by atoms with van der Waals surface area (Å²) in [6, 6.07) is 83.0. The number of ether oxygens (including phenoxy) is 1. The number of para-hydroxylation sites is 4. The molecule has 0 atom stereocenters. The van der Waals surface area contributed by atoms with Crippen LogP contribution in [-0.4, -0.2) is 19.5 Å². The van der Waals surface area contributed by atoms with Crippen LogP contribution < -0.4 is 4.74 Å². The predicted octanol–water partition coefficient (Wildman–Crippen LogP) is 16.4. The Balaban J connectivity index is 0.936. The number of hydrogen-bond donors (Lipinski definition) is 0. The van der Waals surface area contributed by atoms with E-state index < -0.39 is 5.41 Å². The van der Waals surface area contributed by atoms with E-state index >= 15 is 0 Å².